The Hall–Kier alpha value is -4.84. The fourth-order valence-corrected chi connectivity index (χ4v) is 8.35. The van der Waals surface area contributed by atoms with E-state index in [0.717, 1.165) is 22.3 Å². The van der Waals surface area contributed by atoms with E-state index < -0.39 is 0 Å². The van der Waals surface area contributed by atoms with Crippen molar-refractivity contribution in [1.82, 2.24) is 15.0 Å². The number of thiophene rings is 1. The highest BCUT2D eigenvalue weighted by atomic mass is 32.2. The van der Waals surface area contributed by atoms with E-state index in [1.54, 1.807) is 0 Å². The molecule has 5 heteroatoms. The van der Waals surface area contributed by atoms with E-state index in [1.807, 2.05) is 83.8 Å². The third-order valence-electron chi connectivity index (χ3n) is 7.91. The van der Waals surface area contributed by atoms with Gasteiger partial charge in [0, 0.05) is 52.0 Å². The zero-order chi connectivity index (χ0) is 27.6. The van der Waals surface area contributed by atoms with Crippen LogP contribution in [0.5, 0.6) is 0 Å². The van der Waals surface area contributed by atoms with Gasteiger partial charge >= 0.3 is 0 Å². The molecule has 0 bridgehead atoms. The van der Waals surface area contributed by atoms with E-state index in [4.69, 9.17) is 15.0 Å². The largest absolute Gasteiger partial charge is 0.208 e. The van der Waals surface area contributed by atoms with Crippen molar-refractivity contribution in [2.45, 2.75) is 9.79 Å². The molecule has 8 aromatic rings. The molecule has 0 aliphatic carbocycles. The maximum atomic E-state index is 4.96. The SMILES string of the molecule is c1ccc(-c2nc(-c3ccccc3)nc(-c3cccc(-c4ccc5c6c4ccc4sc7cccc(c7c46)S5)c3)n2)cc1. The summed E-state index contributed by atoms with van der Waals surface area (Å²) in [5, 5.41) is 5.44. The van der Waals surface area contributed by atoms with Crippen LogP contribution in [0.3, 0.4) is 0 Å². The summed E-state index contributed by atoms with van der Waals surface area (Å²) in [6, 6.07) is 44.7. The molecule has 0 N–H and O–H groups in total. The first kappa shape index (κ1) is 23.8. The van der Waals surface area contributed by atoms with E-state index in [2.05, 4.69) is 66.7 Å². The first-order valence-corrected chi connectivity index (χ1v) is 15.5. The molecule has 0 atom stereocenters. The molecule has 0 radical (unpaired) electrons. The highest BCUT2D eigenvalue weighted by Gasteiger charge is 2.22. The highest BCUT2D eigenvalue weighted by molar-refractivity contribution is 8.00. The lowest BCUT2D eigenvalue weighted by Crippen LogP contribution is -2.00. The minimum absolute atomic E-state index is 0.665. The van der Waals surface area contributed by atoms with Gasteiger partial charge in [-0.15, -0.1) is 11.3 Å². The van der Waals surface area contributed by atoms with Gasteiger partial charge in [-0.3, -0.25) is 0 Å². The first-order chi connectivity index (χ1) is 20.8. The smallest absolute Gasteiger partial charge is 0.164 e. The predicted octanol–water partition coefficient (Wildman–Crippen LogP) is 10.5. The van der Waals surface area contributed by atoms with Gasteiger partial charge in [0.25, 0.3) is 0 Å². The van der Waals surface area contributed by atoms with Crippen molar-refractivity contribution >= 4 is 54.0 Å². The number of hydrogen-bond donors (Lipinski definition) is 0. The second-order valence-electron chi connectivity index (χ2n) is 10.4. The molecule has 1 aliphatic heterocycles. The monoisotopic (exact) mass is 571 g/mol. The van der Waals surface area contributed by atoms with Crippen LogP contribution in [0.4, 0.5) is 0 Å². The van der Waals surface area contributed by atoms with Crippen LogP contribution in [0, 0.1) is 0 Å². The number of rotatable bonds is 4. The second-order valence-corrected chi connectivity index (χ2v) is 12.6. The van der Waals surface area contributed by atoms with Crippen LogP contribution in [0.25, 0.3) is 76.2 Å². The van der Waals surface area contributed by atoms with Gasteiger partial charge in [-0.25, -0.2) is 15.0 Å². The van der Waals surface area contributed by atoms with E-state index >= 15 is 0 Å². The number of hydrogen-bond acceptors (Lipinski definition) is 5. The van der Waals surface area contributed by atoms with Gasteiger partial charge in [0.1, 0.15) is 0 Å². The van der Waals surface area contributed by atoms with Crippen molar-refractivity contribution in [2.75, 3.05) is 0 Å². The zero-order valence-electron chi connectivity index (χ0n) is 22.3. The molecule has 3 heterocycles. The Morgan fingerprint density at radius 2 is 1.00 bits per heavy atom. The minimum atomic E-state index is 0.665. The lowest BCUT2D eigenvalue weighted by Gasteiger charge is -2.17. The molecule has 0 unspecified atom stereocenters. The molecule has 196 valence electrons. The third kappa shape index (κ3) is 3.71. The Labute approximate surface area is 250 Å². The Bertz CT molecular complexity index is 2270. The van der Waals surface area contributed by atoms with Crippen LogP contribution >= 0.6 is 23.1 Å². The lowest BCUT2D eigenvalue weighted by atomic mass is 9.94. The number of nitrogens with zero attached hydrogens (tertiary/aromatic N) is 3. The lowest BCUT2D eigenvalue weighted by molar-refractivity contribution is 1.07. The molecule has 42 heavy (non-hydrogen) atoms. The predicted molar refractivity (Wildman–Crippen MR) is 176 cm³/mol. The number of benzene rings is 6. The van der Waals surface area contributed by atoms with Crippen LogP contribution in [-0.2, 0) is 0 Å². The van der Waals surface area contributed by atoms with E-state index in [-0.39, 0.29) is 0 Å². The third-order valence-corrected chi connectivity index (χ3v) is 10.2. The van der Waals surface area contributed by atoms with E-state index in [0.29, 0.717) is 17.5 Å². The van der Waals surface area contributed by atoms with E-state index in [9.17, 15) is 0 Å². The van der Waals surface area contributed by atoms with Gasteiger partial charge in [0.15, 0.2) is 17.5 Å². The van der Waals surface area contributed by atoms with Crippen molar-refractivity contribution in [2.24, 2.45) is 0 Å². The summed E-state index contributed by atoms with van der Waals surface area (Å²) in [4.78, 5) is 17.5. The molecule has 0 amide bonds. The molecule has 3 nitrogen and oxygen atoms in total. The highest BCUT2D eigenvalue weighted by Crippen LogP contribution is 2.52. The van der Waals surface area contributed by atoms with Crippen LogP contribution in [-0.4, -0.2) is 15.0 Å². The topological polar surface area (TPSA) is 38.7 Å². The Morgan fingerprint density at radius 3 is 1.74 bits per heavy atom. The summed E-state index contributed by atoms with van der Waals surface area (Å²) in [5.74, 6) is 2.00. The molecule has 2 aromatic heterocycles. The molecule has 0 spiro atoms. The van der Waals surface area contributed by atoms with Crippen molar-refractivity contribution in [3.05, 3.63) is 127 Å². The van der Waals surface area contributed by atoms with Gasteiger partial charge in [0.05, 0.1) is 0 Å². The second kappa shape index (κ2) is 9.35. The van der Waals surface area contributed by atoms with Gasteiger partial charge in [-0.1, -0.05) is 109 Å². The maximum absolute atomic E-state index is 4.96. The Morgan fingerprint density at radius 1 is 0.405 bits per heavy atom. The number of aromatic nitrogens is 3. The summed E-state index contributed by atoms with van der Waals surface area (Å²) in [5.41, 5.74) is 5.27. The van der Waals surface area contributed by atoms with Crippen LogP contribution < -0.4 is 0 Å². The standard InChI is InChI=1S/C37H21N3S2/c1-3-9-22(10-4-1)35-38-36(23-11-5-2-6-12-23)40-37(39-35)25-14-7-13-24(21-25)26-17-19-30-32-27(26)18-20-31-34(32)33-28(41-30)15-8-16-29(33)42-31/h1-21H. The summed E-state index contributed by atoms with van der Waals surface area (Å²) >= 11 is 3.77. The Balaban J connectivity index is 1.24. The molecule has 6 aromatic carbocycles. The average Bonchev–Trinajstić information content (AvgIpc) is 3.46. The van der Waals surface area contributed by atoms with Crippen molar-refractivity contribution in [1.29, 1.82) is 0 Å². The van der Waals surface area contributed by atoms with Gasteiger partial charge in [0.2, 0.25) is 0 Å². The first-order valence-electron chi connectivity index (χ1n) is 13.9. The van der Waals surface area contributed by atoms with E-state index in [1.165, 1.54) is 46.3 Å². The van der Waals surface area contributed by atoms with Crippen molar-refractivity contribution < 1.29 is 0 Å². The van der Waals surface area contributed by atoms with Crippen LogP contribution in [0.15, 0.2) is 137 Å². The normalized spacial score (nSPS) is 12.2. The summed E-state index contributed by atoms with van der Waals surface area (Å²) in [6.45, 7) is 0. The summed E-state index contributed by atoms with van der Waals surface area (Å²) in [6.07, 6.45) is 0. The minimum Gasteiger partial charge on any atom is -0.208 e. The maximum Gasteiger partial charge on any atom is 0.164 e. The van der Waals surface area contributed by atoms with Crippen LogP contribution in [0.2, 0.25) is 0 Å². The average molecular weight is 572 g/mol. The van der Waals surface area contributed by atoms with Crippen LogP contribution in [0.1, 0.15) is 0 Å². The van der Waals surface area contributed by atoms with Gasteiger partial charge in [-0.2, -0.15) is 0 Å². The van der Waals surface area contributed by atoms with Gasteiger partial charge < -0.3 is 0 Å². The molecule has 0 fully saturated rings. The summed E-state index contributed by atoms with van der Waals surface area (Å²) in [7, 11) is 0. The molecule has 0 saturated heterocycles. The van der Waals surface area contributed by atoms with Gasteiger partial charge in [-0.05, 0) is 46.8 Å². The fourth-order valence-electron chi connectivity index (χ4n) is 5.99. The molecule has 9 rings (SSSR count). The summed E-state index contributed by atoms with van der Waals surface area (Å²) < 4.78 is 2.71. The van der Waals surface area contributed by atoms with Crippen molar-refractivity contribution in [3.63, 3.8) is 0 Å². The molecular weight excluding hydrogens is 551 g/mol. The quantitative estimate of drug-likeness (QED) is 0.211. The Kier molecular flexibility index (Phi) is 5.30. The molecular formula is C37H21N3S2. The van der Waals surface area contributed by atoms with Crippen molar-refractivity contribution in [3.8, 4) is 45.3 Å². The molecule has 0 saturated carbocycles. The fraction of sp³-hybridized carbons (Fsp3) is 0. The zero-order valence-corrected chi connectivity index (χ0v) is 23.9. The molecule has 1 aliphatic rings.